The summed E-state index contributed by atoms with van der Waals surface area (Å²) in [5, 5.41) is 0. The Morgan fingerprint density at radius 1 is 1.58 bits per heavy atom. The second-order valence-corrected chi connectivity index (χ2v) is 2.38. The number of rotatable bonds is 8. The van der Waals surface area contributed by atoms with E-state index in [1.807, 2.05) is 0 Å². The monoisotopic (exact) mass is 171 g/mol. The highest BCUT2D eigenvalue weighted by Gasteiger charge is 2.02. The van der Waals surface area contributed by atoms with Crippen molar-refractivity contribution < 1.29 is 14.3 Å². The molecular formula is C9H15O3. The molecule has 0 aromatic heterocycles. The van der Waals surface area contributed by atoms with E-state index >= 15 is 0 Å². The zero-order chi connectivity index (χ0) is 9.23. The van der Waals surface area contributed by atoms with E-state index < -0.39 is 6.29 Å². The number of ether oxygens (including phenoxy) is 2. The van der Waals surface area contributed by atoms with Gasteiger partial charge < -0.3 is 9.47 Å². The number of unbranched alkanes of at least 4 members (excludes halogenated alkanes) is 2. The molecule has 0 fully saturated rings. The minimum absolute atomic E-state index is 0.589. The van der Waals surface area contributed by atoms with Crippen LogP contribution in [0.15, 0.2) is 12.7 Å². The Kier molecular flexibility index (Phi) is 7.70. The van der Waals surface area contributed by atoms with Crippen molar-refractivity contribution in [1.82, 2.24) is 0 Å². The molecule has 1 radical (unpaired) electrons. The molecule has 69 valence electrons. The molecule has 0 aliphatic rings. The summed E-state index contributed by atoms with van der Waals surface area (Å²) in [7, 11) is 0. The molecule has 0 rings (SSSR count). The Balaban J connectivity index is 3.31. The van der Waals surface area contributed by atoms with Crippen LogP contribution >= 0.6 is 0 Å². The minimum atomic E-state index is -0.639. The van der Waals surface area contributed by atoms with E-state index in [1.165, 1.54) is 12.5 Å². The predicted octanol–water partition coefficient (Wildman–Crippen LogP) is 1.79. The van der Waals surface area contributed by atoms with Crippen molar-refractivity contribution >= 4 is 6.47 Å². The molecule has 0 heterocycles. The van der Waals surface area contributed by atoms with Gasteiger partial charge in [-0.1, -0.05) is 26.3 Å². The van der Waals surface area contributed by atoms with Crippen LogP contribution in [0.2, 0.25) is 0 Å². The topological polar surface area (TPSA) is 35.5 Å². The SMILES string of the molecule is C=CC(O[C]=O)OCCCCC. The molecule has 0 aliphatic carbocycles. The van der Waals surface area contributed by atoms with Crippen LogP contribution in [0.1, 0.15) is 26.2 Å². The van der Waals surface area contributed by atoms with E-state index in [0.29, 0.717) is 6.61 Å². The third kappa shape index (κ3) is 5.92. The average molecular weight is 171 g/mol. The Labute approximate surface area is 73.4 Å². The molecule has 0 saturated heterocycles. The van der Waals surface area contributed by atoms with Gasteiger partial charge in [0.2, 0.25) is 6.29 Å². The van der Waals surface area contributed by atoms with Crippen molar-refractivity contribution in [3.8, 4) is 0 Å². The lowest BCUT2D eigenvalue weighted by Gasteiger charge is -2.10. The summed E-state index contributed by atoms with van der Waals surface area (Å²) >= 11 is 0. The Morgan fingerprint density at radius 2 is 2.33 bits per heavy atom. The average Bonchev–Trinajstić information content (AvgIpc) is 2.10. The molecule has 0 amide bonds. The van der Waals surface area contributed by atoms with Crippen LogP contribution in [0.5, 0.6) is 0 Å². The maximum absolute atomic E-state index is 9.79. The lowest BCUT2D eigenvalue weighted by atomic mass is 10.3. The fourth-order valence-corrected chi connectivity index (χ4v) is 0.749. The van der Waals surface area contributed by atoms with Gasteiger partial charge in [-0.3, -0.25) is 0 Å². The number of hydrogen-bond donors (Lipinski definition) is 0. The first-order valence-corrected chi connectivity index (χ1v) is 4.12. The van der Waals surface area contributed by atoms with Crippen molar-refractivity contribution in [2.24, 2.45) is 0 Å². The molecule has 0 N–H and O–H groups in total. The molecule has 3 nitrogen and oxygen atoms in total. The van der Waals surface area contributed by atoms with Crippen LogP contribution in [-0.2, 0) is 14.3 Å². The van der Waals surface area contributed by atoms with E-state index in [4.69, 9.17) is 4.74 Å². The van der Waals surface area contributed by atoms with Gasteiger partial charge in [0, 0.05) is 0 Å². The Bertz CT molecular complexity index is 123. The summed E-state index contributed by atoms with van der Waals surface area (Å²) in [4.78, 5) is 9.79. The first kappa shape index (κ1) is 11.2. The molecular weight excluding hydrogens is 156 g/mol. The van der Waals surface area contributed by atoms with Crippen molar-refractivity contribution in [2.45, 2.75) is 32.5 Å². The van der Waals surface area contributed by atoms with Crippen molar-refractivity contribution in [2.75, 3.05) is 6.61 Å². The van der Waals surface area contributed by atoms with Crippen LogP contribution in [-0.4, -0.2) is 19.4 Å². The second-order valence-electron chi connectivity index (χ2n) is 2.38. The van der Waals surface area contributed by atoms with Gasteiger partial charge in [-0.05, 0) is 12.5 Å². The van der Waals surface area contributed by atoms with Gasteiger partial charge in [0.05, 0.1) is 6.61 Å². The first-order valence-electron chi connectivity index (χ1n) is 4.12. The molecule has 1 unspecified atom stereocenters. The minimum Gasteiger partial charge on any atom is -0.424 e. The van der Waals surface area contributed by atoms with Crippen LogP contribution in [0.25, 0.3) is 0 Å². The van der Waals surface area contributed by atoms with E-state index in [0.717, 1.165) is 19.3 Å². The van der Waals surface area contributed by atoms with Gasteiger partial charge in [0.25, 0.3) is 0 Å². The molecule has 0 saturated carbocycles. The summed E-state index contributed by atoms with van der Waals surface area (Å²) in [6.07, 6.45) is 4.02. The lowest BCUT2D eigenvalue weighted by molar-refractivity contribution is -0.0559. The van der Waals surface area contributed by atoms with Gasteiger partial charge >= 0.3 is 6.47 Å². The highest BCUT2D eigenvalue weighted by Crippen LogP contribution is 1.99. The standard InChI is InChI=1S/C9H15O3/c1-3-5-6-7-11-9(4-2)12-8-10/h4,9H,2-3,5-7H2,1H3. The third-order valence-corrected chi connectivity index (χ3v) is 1.39. The van der Waals surface area contributed by atoms with Gasteiger partial charge in [0.1, 0.15) is 0 Å². The predicted molar refractivity (Wildman–Crippen MR) is 46.2 cm³/mol. The largest absolute Gasteiger partial charge is 0.424 e. The molecule has 0 spiro atoms. The Morgan fingerprint density at radius 3 is 2.83 bits per heavy atom. The van der Waals surface area contributed by atoms with Gasteiger partial charge in [0.15, 0.2) is 0 Å². The van der Waals surface area contributed by atoms with E-state index in [-0.39, 0.29) is 0 Å². The molecule has 0 aromatic carbocycles. The van der Waals surface area contributed by atoms with Crippen molar-refractivity contribution in [3.05, 3.63) is 12.7 Å². The summed E-state index contributed by atoms with van der Waals surface area (Å²) in [5.74, 6) is 0. The van der Waals surface area contributed by atoms with Gasteiger partial charge in [-0.15, -0.1) is 0 Å². The Hall–Kier alpha value is -0.830. The maximum Gasteiger partial charge on any atom is 0.420 e. The van der Waals surface area contributed by atoms with E-state index in [9.17, 15) is 4.79 Å². The highest BCUT2D eigenvalue weighted by atomic mass is 16.7. The molecule has 3 heteroatoms. The quantitative estimate of drug-likeness (QED) is 0.317. The van der Waals surface area contributed by atoms with E-state index in [1.54, 1.807) is 0 Å². The summed E-state index contributed by atoms with van der Waals surface area (Å²) < 4.78 is 9.56. The molecule has 0 aliphatic heterocycles. The highest BCUT2D eigenvalue weighted by molar-refractivity contribution is 5.38. The smallest absolute Gasteiger partial charge is 0.420 e. The third-order valence-electron chi connectivity index (χ3n) is 1.39. The maximum atomic E-state index is 9.79. The van der Waals surface area contributed by atoms with Gasteiger partial charge in [-0.2, -0.15) is 0 Å². The van der Waals surface area contributed by atoms with Crippen LogP contribution in [0.3, 0.4) is 0 Å². The van der Waals surface area contributed by atoms with E-state index in [2.05, 4.69) is 18.2 Å². The molecule has 0 aromatic rings. The van der Waals surface area contributed by atoms with Crippen molar-refractivity contribution in [3.63, 3.8) is 0 Å². The second kappa shape index (κ2) is 8.27. The van der Waals surface area contributed by atoms with Crippen LogP contribution < -0.4 is 0 Å². The lowest BCUT2D eigenvalue weighted by Crippen LogP contribution is -2.13. The van der Waals surface area contributed by atoms with Crippen LogP contribution in [0.4, 0.5) is 0 Å². The van der Waals surface area contributed by atoms with Crippen LogP contribution in [0, 0.1) is 0 Å². The van der Waals surface area contributed by atoms with Gasteiger partial charge in [-0.25, -0.2) is 4.79 Å². The van der Waals surface area contributed by atoms with Crippen molar-refractivity contribution in [1.29, 1.82) is 0 Å². The zero-order valence-electron chi connectivity index (χ0n) is 7.41. The molecule has 0 bridgehead atoms. The first-order chi connectivity index (χ1) is 5.85. The molecule has 12 heavy (non-hydrogen) atoms. The number of hydrogen-bond acceptors (Lipinski definition) is 3. The normalized spacial score (nSPS) is 12.1. The summed E-state index contributed by atoms with van der Waals surface area (Å²) in [5.41, 5.74) is 0. The zero-order valence-corrected chi connectivity index (χ0v) is 7.41. The fourth-order valence-electron chi connectivity index (χ4n) is 0.749. The molecule has 1 atom stereocenters. The fraction of sp³-hybridized carbons (Fsp3) is 0.667. The summed E-state index contributed by atoms with van der Waals surface area (Å²) in [6.45, 7) is 7.46. The summed E-state index contributed by atoms with van der Waals surface area (Å²) in [6, 6.07) is 0. The number of carbonyl (C=O) groups excluding carboxylic acids is 1.